The van der Waals surface area contributed by atoms with Gasteiger partial charge in [0.2, 0.25) is 0 Å². The van der Waals surface area contributed by atoms with E-state index >= 15 is 0 Å². The normalized spacial score (nSPS) is 16.8. The first-order valence-electron chi connectivity index (χ1n) is 7.02. The number of para-hydroxylation sites is 1. The fourth-order valence-corrected chi connectivity index (χ4v) is 2.61. The minimum absolute atomic E-state index is 0.0342. The highest BCUT2D eigenvalue weighted by molar-refractivity contribution is 5.94. The maximum atomic E-state index is 13.8. The number of carbonyl (C=O) groups is 1. The molecule has 1 heterocycles. The van der Waals surface area contributed by atoms with E-state index in [0.29, 0.717) is 6.54 Å². The summed E-state index contributed by atoms with van der Waals surface area (Å²) in [5.74, 6) is -0.838. The van der Waals surface area contributed by atoms with Crippen LogP contribution in [0.3, 0.4) is 0 Å². The van der Waals surface area contributed by atoms with Crippen molar-refractivity contribution in [3.05, 3.63) is 65.0 Å². The Kier molecular flexibility index (Phi) is 3.60. The summed E-state index contributed by atoms with van der Waals surface area (Å²) in [4.78, 5) is 12.2. The number of carbonyl (C=O) groups excluding carboxylic acids is 1. The second kappa shape index (κ2) is 5.56. The van der Waals surface area contributed by atoms with Gasteiger partial charge < -0.3 is 10.6 Å². The van der Waals surface area contributed by atoms with Crippen LogP contribution in [0.1, 0.15) is 21.5 Å². The Hall–Kier alpha value is -2.36. The lowest BCUT2D eigenvalue weighted by Gasteiger charge is -2.27. The molecule has 0 radical (unpaired) electrons. The van der Waals surface area contributed by atoms with E-state index in [1.54, 1.807) is 13.0 Å². The van der Waals surface area contributed by atoms with Crippen LogP contribution in [0.25, 0.3) is 0 Å². The van der Waals surface area contributed by atoms with Crippen LogP contribution in [0.2, 0.25) is 0 Å². The number of rotatable bonds is 2. The highest BCUT2D eigenvalue weighted by Crippen LogP contribution is 2.21. The molecule has 0 saturated carbocycles. The average Bonchev–Trinajstić information content (AvgIpc) is 2.47. The molecular weight excluding hydrogens is 267 g/mol. The van der Waals surface area contributed by atoms with E-state index in [2.05, 4.69) is 10.6 Å². The Labute approximate surface area is 123 Å². The summed E-state index contributed by atoms with van der Waals surface area (Å²) in [5, 5.41) is 6.18. The molecule has 0 saturated heterocycles. The van der Waals surface area contributed by atoms with Crippen LogP contribution in [0.5, 0.6) is 0 Å². The van der Waals surface area contributed by atoms with Gasteiger partial charge in [-0.25, -0.2) is 4.39 Å². The van der Waals surface area contributed by atoms with Gasteiger partial charge in [-0.3, -0.25) is 4.79 Å². The van der Waals surface area contributed by atoms with Gasteiger partial charge in [-0.15, -0.1) is 0 Å². The van der Waals surface area contributed by atoms with Crippen molar-refractivity contribution in [3.63, 3.8) is 0 Å². The zero-order chi connectivity index (χ0) is 14.8. The summed E-state index contributed by atoms with van der Waals surface area (Å²) in [5.41, 5.74) is 3.17. The maximum absolute atomic E-state index is 13.8. The van der Waals surface area contributed by atoms with E-state index in [4.69, 9.17) is 0 Å². The molecule has 0 aliphatic carbocycles. The molecule has 1 aliphatic rings. The van der Waals surface area contributed by atoms with Gasteiger partial charge in [-0.1, -0.05) is 24.3 Å². The van der Waals surface area contributed by atoms with Crippen LogP contribution in [0, 0.1) is 12.7 Å². The topological polar surface area (TPSA) is 41.1 Å². The van der Waals surface area contributed by atoms with E-state index in [-0.39, 0.29) is 17.5 Å². The van der Waals surface area contributed by atoms with Crippen molar-refractivity contribution in [1.29, 1.82) is 0 Å². The van der Waals surface area contributed by atoms with Crippen LogP contribution in [0.4, 0.5) is 10.1 Å². The van der Waals surface area contributed by atoms with Crippen molar-refractivity contribution in [1.82, 2.24) is 5.32 Å². The first-order valence-corrected chi connectivity index (χ1v) is 7.02. The van der Waals surface area contributed by atoms with Gasteiger partial charge >= 0.3 is 0 Å². The van der Waals surface area contributed by atoms with Crippen LogP contribution in [0.15, 0.2) is 42.5 Å². The molecule has 0 fully saturated rings. The molecule has 1 unspecified atom stereocenters. The van der Waals surface area contributed by atoms with Crippen LogP contribution in [-0.2, 0) is 6.42 Å². The average molecular weight is 284 g/mol. The first kappa shape index (κ1) is 13.6. The Bertz CT molecular complexity index is 684. The number of benzene rings is 2. The molecule has 4 heteroatoms. The Morgan fingerprint density at radius 2 is 2.10 bits per heavy atom. The zero-order valence-corrected chi connectivity index (χ0v) is 11.8. The number of aryl methyl sites for hydroxylation is 1. The molecule has 0 spiro atoms. The molecule has 0 aromatic heterocycles. The van der Waals surface area contributed by atoms with Crippen molar-refractivity contribution < 1.29 is 9.18 Å². The molecule has 2 aromatic rings. The highest BCUT2D eigenvalue weighted by atomic mass is 19.1. The first-order chi connectivity index (χ1) is 10.1. The molecule has 1 amide bonds. The van der Waals surface area contributed by atoms with E-state index in [9.17, 15) is 9.18 Å². The zero-order valence-electron chi connectivity index (χ0n) is 11.8. The van der Waals surface area contributed by atoms with Gasteiger partial charge in [0.1, 0.15) is 5.82 Å². The van der Waals surface area contributed by atoms with E-state index in [1.165, 1.54) is 17.7 Å². The van der Waals surface area contributed by atoms with Crippen LogP contribution in [-0.4, -0.2) is 18.5 Å². The molecular formula is C17H17FN2O. The Morgan fingerprint density at radius 1 is 1.29 bits per heavy atom. The van der Waals surface area contributed by atoms with Gasteiger partial charge in [0, 0.05) is 12.2 Å². The highest BCUT2D eigenvalue weighted by Gasteiger charge is 2.21. The summed E-state index contributed by atoms with van der Waals surface area (Å²) >= 11 is 0. The molecule has 3 nitrogen and oxygen atoms in total. The lowest BCUT2D eigenvalue weighted by Crippen LogP contribution is -2.43. The largest absolute Gasteiger partial charge is 0.383 e. The summed E-state index contributed by atoms with van der Waals surface area (Å²) in [6.07, 6.45) is 0.752. The second-order valence-electron chi connectivity index (χ2n) is 5.40. The number of nitrogens with one attached hydrogen (secondary N) is 2. The summed E-state index contributed by atoms with van der Waals surface area (Å²) in [6, 6.07) is 12.6. The SMILES string of the molecule is Cc1ccc(C(=O)NC2CNc3ccccc3C2)c(F)c1. The van der Waals surface area contributed by atoms with Crippen molar-refractivity contribution in [2.75, 3.05) is 11.9 Å². The number of hydrogen-bond acceptors (Lipinski definition) is 2. The monoisotopic (exact) mass is 284 g/mol. The number of fused-ring (bicyclic) bond motifs is 1. The summed E-state index contributed by atoms with van der Waals surface area (Å²) in [6.45, 7) is 2.45. The van der Waals surface area contributed by atoms with E-state index < -0.39 is 5.82 Å². The second-order valence-corrected chi connectivity index (χ2v) is 5.40. The van der Waals surface area contributed by atoms with Crippen molar-refractivity contribution in [3.8, 4) is 0 Å². The summed E-state index contributed by atoms with van der Waals surface area (Å²) < 4.78 is 13.8. The number of anilines is 1. The van der Waals surface area contributed by atoms with Crippen molar-refractivity contribution in [2.24, 2.45) is 0 Å². The van der Waals surface area contributed by atoms with Gasteiger partial charge in [0.05, 0.1) is 11.6 Å². The van der Waals surface area contributed by atoms with E-state index in [1.807, 2.05) is 24.3 Å². The molecule has 3 rings (SSSR count). The summed E-state index contributed by atoms with van der Waals surface area (Å²) in [7, 11) is 0. The molecule has 2 N–H and O–H groups in total. The van der Waals surface area contributed by atoms with Gasteiger partial charge in [0.15, 0.2) is 0 Å². The molecule has 108 valence electrons. The number of amides is 1. The number of hydrogen-bond donors (Lipinski definition) is 2. The van der Waals surface area contributed by atoms with Crippen molar-refractivity contribution >= 4 is 11.6 Å². The molecule has 2 aromatic carbocycles. The van der Waals surface area contributed by atoms with Gasteiger partial charge in [-0.2, -0.15) is 0 Å². The quantitative estimate of drug-likeness (QED) is 0.890. The predicted octanol–water partition coefficient (Wildman–Crippen LogP) is 2.90. The lowest BCUT2D eigenvalue weighted by molar-refractivity contribution is 0.0934. The lowest BCUT2D eigenvalue weighted by atomic mass is 9.99. The minimum Gasteiger partial charge on any atom is -0.383 e. The minimum atomic E-state index is -0.475. The van der Waals surface area contributed by atoms with E-state index in [0.717, 1.165) is 17.7 Å². The molecule has 0 bridgehead atoms. The molecule has 1 atom stereocenters. The Morgan fingerprint density at radius 3 is 2.90 bits per heavy atom. The van der Waals surface area contributed by atoms with Gasteiger partial charge in [-0.05, 0) is 42.7 Å². The smallest absolute Gasteiger partial charge is 0.254 e. The fourth-order valence-electron chi connectivity index (χ4n) is 2.61. The molecule has 1 aliphatic heterocycles. The third kappa shape index (κ3) is 2.89. The predicted molar refractivity (Wildman–Crippen MR) is 81.0 cm³/mol. The standard InChI is InChI=1S/C17H17FN2O/c1-11-6-7-14(15(18)8-11)17(21)20-13-9-12-4-2-3-5-16(12)19-10-13/h2-8,13,19H,9-10H2,1H3,(H,20,21). The molecule has 21 heavy (non-hydrogen) atoms. The van der Waals surface area contributed by atoms with Crippen molar-refractivity contribution in [2.45, 2.75) is 19.4 Å². The van der Waals surface area contributed by atoms with Crippen LogP contribution >= 0.6 is 0 Å². The Balaban J connectivity index is 1.71. The maximum Gasteiger partial charge on any atom is 0.254 e. The van der Waals surface area contributed by atoms with Gasteiger partial charge in [0.25, 0.3) is 5.91 Å². The fraction of sp³-hybridized carbons (Fsp3) is 0.235. The number of halogens is 1. The third-order valence-electron chi connectivity index (χ3n) is 3.73. The van der Waals surface area contributed by atoms with Crippen LogP contribution < -0.4 is 10.6 Å². The third-order valence-corrected chi connectivity index (χ3v) is 3.73.